The molecule has 0 bridgehead atoms. The van der Waals surface area contributed by atoms with Gasteiger partial charge in [0.05, 0.1) is 0 Å². The number of hydrogen-bond acceptors (Lipinski definition) is 3. The molecule has 3 aromatic rings. The summed E-state index contributed by atoms with van der Waals surface area (Å²) in [6.45, 7) is 0.576. The highest BCUT2D eigenvalue weighted by atomic mass is 19.3. The second-order valence-electron chi connectivity index (χ2n) is 7.17. The highest BCUT2D eigenvalue weighted by molar-refractivity contribution is 5.98. The number of amides is 2. The van der Waals surface area contributed by atoms with E-state index < -0.39 is 18.6 Å². The van der Waals surface area contributed by atoms with Crippen molar-refractivity contribution in [1.29, 1.82) is 0 Å². The molecule has 1 unspecified atom stereocenters. The average Bonchev–Trinajstić information content (AvgIpc) is 3.11. The third-order valence-electron chi connectivity index (χ3n) is 4.60. The van der Waals surface area contributed by atoms with Crippen LogP contribution in [0.4, 0.5) is 14.5 Å². The zero-order chi connectivity index (χ0) is 21.7. The van der Waals surface area contributed by atoms with Gasteiger partial charge in [-0.15, -0.1) is 0 Å². The summed E-state index contributed by atoms with van der Waals surface area (Å²) in [5.41, 5.74) is 2.25. The Balaban J connectivity index is 1.77. The molecule has 0 aliphatic heterocycles. The van der Waals surface area contributed by atoms with Gasteiger partial charge in [0.15, 0.2) is 0 Å². The molecule has 0 saturated heterocycles. The van der Waals surface area contributed by atoms with Crippen molar-refractivity contribution in [3.05, 3.63) is 60.3 Å². The van der Waals surface area contributed by atoms with Crippen LogP contribution in [0.3, 0.4) is 0 Å². The number of aromatic nitrogens is 1. The number of fused-ring (bicyclic) bond motifs is 1. The van der Waals surface area contributed by atoms with Gasteiger partial charge in [0, 0.05) is 35.1 Å². The van der Waals surface area contributed by atoms with Gasteiger partial charge in [0.2, 0.25) is 11.8 Å². The normalized spacial score (nSPS) is 12.2. The van der Waals surface area contributed by atoms with E-state index in [1.165, 1.54) is 24.3 Å². The zero-order valence-electron chi connectivity index (χ0n) is 16.6. The lowest BCUT2D eigenvalue weighted by atomic mass is 10.0. The highest BCUT2D eigenvalue weighted by Crippen LogP contribution is 2.21. The molecule has 1 aromatic heterocycles. The Morgan fingerprint density at radius 2 is 1.73 bits per heavy atom. The molecule has 158 valence electrons. The standard InChI is InChI=1S/C22H23F2N3O3/c1-13(2)20(28)27-19(11-14-12-25-18-6-4-3-5-17(14)18)21(29)26-15-7-9-16(10-8-15)30-22(23)24/h3-10,12-13,19,22,25H,11H2,1-2H3,(H,26,29)(H,27,28). The number of carbonyl (C=O) groups is 2. The monoisotopic (exact) mass is 415 g/mol. The Morgan fingerprint density at radius 3 is 2.40 bits per heavy atom. The van der Waals surface area contributed by atoms with E-state index in [0.717, 1.165) is 16.5 Å². The molecular weight excluding hydrogens is 392 g/mol. The van der Waals surface area contributed by atoms with Crippen LogP contribution in [-0.2, 0) is 16.0 Å². The lowest BCUT2D eigenvalue weighted by Gasteiger charge is -2.20. The number of halogens is 2. The largest absolute Gasteiger partial charge is 0.435 e. The van der Waals surface area contributed by atoms with Gasteiger partial charge < -0.3 is 20.4 Å². The van der Waals surface area contributed by atoms with E-state index >= 15 is 0 Å². The first-order valence-corrected chi connectivity index (χ1v) is 9.54. The van der Waals surface area contributed by atoms with Gasteiger partial charge in [-0.3, -0.25) is 9.59 Å². The zero-order valence-corrected chi connectivity index (χ0v) is 16.6. The van der Waals surface area contributed by atoms with Crippen LogP contribution in [0.5, 0.6) is 5.75 Å². The molecule has 3 N–H and O–H groups in total. The second-order valence-corrected chi connectivity index (χ2v) is 7.17. The highest BCUT2D eigenvalue weighted by Gasteiger charge is 2.24. The fraction of sp³-hybridized carbons (Fsp3) is 0.273. The van der Waals surface area contributed by atoms with Crippen LogP contribution in [0, 0.1) is 5.92 Å². The minimum Gasteiger partial charge on any atom is -0.435 e. The number of ether oxygens (including phenoxy) is 1. The molecule has 0 aliphatic carbocycles. The predicted molar refractivity (Wildman–Crippen MR) is 110 cm³/mol. The number of aromatic amines is 1. The van der Waals surface area contributed by atoms with Crippen molar-refractivity contribution in [3.8, 4) is 5.75 Å². The van der Waals surface area contributed by atoms with Crippen LogP contribution in [0.1, 0.15) is 19.4 Å². The SMILES string of the molecule is CC(C)C(=O)NC(Cc1c[nH]c2ccccc12)C(=O)Nc1ccc(OC(F)F)cc1. The number of alkyl halides is 2. The van der Waals surface area contributed by atoms with Gasteiger partial charge >= 0.3 is 6.61 Å². The van der Waals surface area contributed by atoms with Crippen molar-refractivity contribution in [2.45, 2.75) is 32.9 Å². The first-order chi connectivity index (χ1) is 14.3. The minimum absolute atomic E-state index is 0.00791. The first kappa shape index (κ1) is 21.3. The second kappa shape index (κ2) is 9.39. The first-order valence-electron chi connectivity index (χ1n) is 9.54. The number of nitrogens with one attached hydrogen (secondary N) is 3. The van der Waals surface area contributed by atoms with Gasteiger partial charge in [-0.1, -0.05) is 32.0 Å². The van der Waals surface area contributed by atoms with Gasteiger partial charge in [0.1, 0.15) is 11.8 Å². The van der Waals surface area contributed by atoms with E-state index in [2.05, 4.69) is 20.4 Å². The van der Waals surface area contributed by atoms with Crippen LogP contribution in [0.25, 0.3) is 10.9 Å². The van der Waals surface area contributed by atoms with Crippen molar-refractivity contribution in [2.75, 3.05) is 5.32 Å². The van der Waals surface area contributed by atoms with Gasteiger partial charge in [-0.2, -0.15) is 8.78 Å². The van der Waals surface area contributed by atoms with Crippen molar-refractivity contribution in [1.82, 2.24) is 10.3 Å². The summed E-state index contributed by atoms with van der Waals surface area (Å²) in [5.74, 6) is -0.937. The number of H-pyrrole nitrogens is 1. The van der Waals surface area contributed by atoms with E-state index in [1.54, 1.807) is 13.8 Å². The summed E-state index contributed by atoms with van der Waals surface area (Å²) in [5, 5.41) is 6.48. The van der Waals surface area contributed by atoms with E-state index in [9.17, 15) is 18.4 Å². The van der Waals surface area contributed by atoms with E-state index in [-0.39, 0.29) is 17.6 Å². The summed E-state index contributed by atoms with van der Waals surface area (Å²) < 4.78 is 28.9. The number of para-hydroxylation sites is 1. The maximum atomic E-state index is 12.9. The summed E-state index contributed by atoms with van der Waals surface area (Å²) in [6, 6.07) is 12.5. The van der Waals surface area contributed by atoms with E-state index in [0.29, 0.717) is 12.1 Å². The third kappa shape index (κ3) is 5.34. The van der Waals surface area contributed by atoms with Gasteiger partial charge in [0.25, 0.3) is 0 Å². The van der Waals surface area contributed by atoms with Gasteiger partial charge in [-0.05, 0) is 35.9 Å². The lowest BCUT2D eigenvalue weighted by Crippen LogP contribution is -2.46. The van der Waals surface area contributed by atoms with Crippen molar-refractivity contribution in [3.63, 3.8) is 0 Å². The number of carbonyl (C=O) groups excluding carboxylic acids is 2. The van der Waals surface area contributed by atoms with Gasteiger partial charge in [-0.25, -0.2) is 0 Å². The molecule has 0 saturated carbocycles. The molecule has 1 heterocycles. The minimum atomic E-state index is -2.92. The quantitative estimate of drug-likeness (QED) is 0.518. The Bertz CT molecular complexity index is 1020. The number of rotatable bonds is 8. The molecule has 2 aromatic carbocycles. The predicted octanol–water partition coefficient (Wildman–Crippen LogP) is 4.09. The molecule has 2 amide bonds. The summed E-state index contributed by atoms with van der Waals surface area (Å²) >= 11 is 0. The van der Waals surface area contributed by atoms with E-state index in [4.69, 9.17) is 0 Å². The lowest BCUT2D eigenvalue weighted by molar-refractivity contribution is -0.128. The van der Waals surface area contributed by atoms with Crippen LogP contribution in [-0.4, -0.2) is 29.5 Å². The van der Waals surface area contributed by atoms with Crippen molar-refractivity contribution in [2.24, 2.45) is 5.92 Å². The van der Waals surface area contributed by atoms with Crippen LogP contribution >= 0.6 is 0 Å². The average molecular weight is 415 g/mol. The molecule has 8 heteroatoms. The van der Waals surface area contributed by atoms with Crippen LogP contribution in [0.15, 0.2) is 54.7 Å². The molecule has 3 rings (SSSR count). The molecule has 6 nitrogen and oxygen atoms in total. The Labute approximate surface area is 172 Å². The van der Waals surface area contributed by atoms with Crippen molar-refractivity contribution >= 4 is 28.4 Å². The van der Waals surface area contributed by atoms with Crippen LogP contribution < -0.4 is 15.4 Å². The number of anilines is 1. The smallest absolute Gasteiger partial charge is 0.387 e. The molecule has 0 fully saturated rings. The third-order valence-corrected chi connectivity index (χ3v) is 4.60. The molecule has 0 radical (unpaired) electrons. The number of benzene rings is 2. The topological polar surface area (TPSA) is 83.2 Å². The number of hydrogen-bond donors (Lipinski definition) is 3. The Kier molecular flexibility index (Phi) is 6.66. The molecular formula is C22H23F2N3O3. The van der Waals surface area contributed by atoms with E-state index in [1.807, 2.05) is 30.5 Å². The molecule has 30 heavy (non-hydrogen) atoms. The fourth-order valence-electron chi connectivity index (χ4n) is 3.02. The molecule has 1 atom stereocenters. The summed E-state index contributed by atoms with van der Waals surface area (Å²) in [4.78, 5) is 28.3. The van der Waals surface area contributed by atoms with Crippen molar-refractivity contribution < 1.29 is 23.1 Å². The fourth-order valence-corrected chi connectivity index (χ4v) is 3.02. The Hall–Kier alpha value is -3.42. The molecule has 0 spiro atoms. The molecule has 0 aliphatic rings. The maximum Gasteiger partial charge on any atom is 0.387 e. The maximum absolute atomic E-state index is 12.9. The Morgan fingerprint density at radius 1 is 1.03 bits per heavy atom. The summed E-state index contributed by atoms with van der Waals surface area (Å²) in [7, 11) is 0. The summed E-state index contributed by atoms with van der Waals surface area (Å²) in [6.07, 6.45) is 2.11. The van der Waals surface area contributed by atoms with Crippen LogP contribution in [0.2, 0.25) is 0 Å².